The monoisotopic (exact) mass is 70.0 g/mol. The largest absolute Gasteiger partial charge is 0.390 e. The van der Waals surface area contributed by atoms with Gasteiger partial charge in [0.15, 0.2) is 7.85 Å². The van der Waals surface area contributed by atoms with E-state index in [-0.39, 0.29) is 0 Å². The van der Waals surface area contributed by atoms with Crippen molar-refractivity contribution in [2.75, 3.05) is 6.61 Å². The summed E-state index contributed by atoms with van der Waals surface area (Å²) in [5, 5.41) is 7.67. The molecule has 0 fully saturated rings. The molecule has 0 aliphatic heterocycles. The summed E-state index contributed by atoms with van der Waals surface area (Å²) in [7, 11) is 4.40. The zero-order valence-electron chi connectivity index (χ0n) is 2.64. The fourth-order valence-electron chi connectivity index (χ4n) is 0. The van der Waals surface area contributed by atoms with E-state index in [1.165, 1.54) is 0 Å². The van der Waals surface area contributed by atoms with Crippen LogP contribution in [0.25, 0.3) is 0 Å². The van der Waals surface area contributed by atoms with E-state index in [2.05, 4.69) is 7.85 Å². The van der Waals surface area contributed by atoms with Crippen LogP contribution in [0.15, 0.2) is 0 Å². The maximum Gasteiger partial charge on any atom is 0.171 e. The number of hydrogen-bond donors (Lipinski definition) is 1. The first-order valence-electron chi connectivity index (χ1n) is 1.16. The minimum Gasteiger partial charge on any atom is -0.390 e. The lowest BCUT2D eigenvalue weighted by molar-refractivity contribution is -0.114. The maximum absolute atomic E-state index is 9.34. The van der Waals surface area contributed by atoms with Gasteiger partial charge in [0.1, 0.15) is 5.68 Å². The van der Waals surface area contributed by atoms with Gasteiger partial charge in [0, 0.05) is 0 Å². The molecular weight excluding hydrogens is 66.8 g/mol. The molecule has 0 spiro atoms. The summed E-state index contributed by atoms with van der Waals surface area (Å²) < 4.78 is 0. The van der Waals surface area contributed by atoms with E-state index < -0.39 is 12.3 Å². The number of carbonyl (C=O) groups is 1. The molecule has 0 aliphatic carbocycles. The van der Waals surface area contributed by atoms with Crippen molar-refractivity contribution in [3.63, 3.8) is 0 Å². The summed E-state index contributed by atoms with van der Waals surface area (Å²) in [4.78, 5) is 9.34. The Kier molecular flexibility index (Phi) is 1.85. The van der Waals surface area contributed by atoms with Gasteiger partial charge in [-0.1, -0.05) is 0 Å². The summed E-state index contributed by atoms with van der Waals surface area (Å²) in [6, 6.07) is 0. The molecule has 0 bridgehead atoms. The molecular formula is C2H3BO2. The van der Waals surface area contributed by atoms with Crippen LogP contribution in [0.2, 0.25) is 0 Å². The molecule has 2 radical (unpaired) electrons. The third-order valence-electron chi connectivity index (χ3n) is 0.156. The Morgan fingerprint density at radius 3 is 2.20 bits per heavy atom. The summed E-state index contributed by atoms with van der Waals surface area (Å²) in [5.41, 5.74) is -0.690. The molecule has 0 aromatic heterocycles. The van der Waals surface area contributed by atoms with Gasteiger partial charge in [0.2, 0.25) is 0 Å². The van der Waals surface area contributed by atoms with Crippen LogP contribution in [0.4, 0.5) is 0 Å². The van der Waals surface area contributed by atoms with Crippen molar-refractivity contribution in [2.24, 2.45) is 0 Å². The van der Waals surface area contributed by atoms with Crippen LogP contribution in [0.1, 0.15) is 0 Å². The molecule has 0 amide bonds. The van der Waals surface area contributed by atoms with Gasteiger partial charge in [-0.15, -0.1) is 0 Å². The fourth-order valence-corrected chi connectivity index (χ4v) is 0. The van der Waals surface area contributed by atoms with E-state index in [0.29, 0.717) is 0 Å². The molecule has 0 aliphatic rings. The first-order chi connectivity index (χ1) is 2.27. The van der Waals surface area contributed by atoms with Crippen LogP contribution in [0, 0.1) is 0 Å². The molecule has 26 valence electrons. The Labute approximate surface area is 31.2 Å². The maximum atomic E-state index is 9.34. The van der Waals surface area contributed by atoms with E-state index in [9.17, 15) is 4.79 Å². The van der Waals surface area contributed by atoms with Crippen LogP contribution in [-0.2, 0) is 4.79 Å². The van der Waals surface area contributed by atoms with E-state index in [1.54, 1.807) is 0 Å². The van der Waals surface area contributed by atoms with Gasteiger partial charge >= 0.3 is 0 Å². The Balaban J connectivity index is 2.85. The summed E-state index contributed by atoms with van der Waals surface area (Å²) >= 11 is 0. The Bertz CT molecular complexity index is 42.9. The predicted octanol–water partition coefficient (Wildman–Crippen LogP) is -1.33. The summed E-state index contributed by atoms with van der Waals surface area (Å²) in [6.45, 7) is -0.556. The van der Waals surface area contributed by atoms with Crippen molar-refractivity contribution < 1.29 is 9.90 Å². The molecule has 0 aromatic carbocycles. The molecule has 5 heavy (non-hydrogen) atoms. The number of aliphatic hydroxyl groups is 1. The van der Waals surface area contributed by atoms with E-state index in [1.807, 2.05) is 0 Å². The smallest absolute Gasteiger partial charge is 0.171 e. The lowest BCUT2D eigenvalue weighted by Gasteiger charge is -1.72. The molecule has 0 saturated heterocycles. The van der Waals surface area contributed by atoms with Crippen molar-refractivity contribution in [1.82, 2.24) is 0 Å². The van der Waals surface area contributed by atoms with Crippen LogP contribution in [-0.4, -0.2) is 25.2 Å². The molecule has 1 N–H and O–H groups in total. The molecule has 0 aromatic rings. The summed E-state index contributed by atoms with van der Waals surface area (Å²) in [5.74, 6) is 0. The van der Waals surface area contributed by atoms with E-state index in [4.69, 9.17) is 5.11 Å². The minimum atomic E-state index is -0.690. The molecule has 0 atom stereocenters. The highest BCUT2D eigenvalue weighted by atomic mass is 16.3. The van der Waals surface area contributed by atoms with Crippen LogP contribution in [0.3, 0.4) is 0 Å². The SMILES string of the molecule is [B]C(=O)CO. The fraction of sp³-hybridized carbons (Fsp3) is 0.500. The normalized spacial score (nSPS) is 7.40. The molecule has 3 heteroatoms. The zero-order chi connectivity index (χ0) is 4.28. The van der Waals surface area contributed by atoms with Crippen LogP contribution in [0.5, 0.6) is 0 Å². The molecule has 0 saturated carbocycles. The zero-order valence-corrected chi connectivity index (χ0v) is 2.64. The second-order valence-corrected chi connectivity index (χ2v) is 0.624. The number of aliphatic hydroxyl groups excluding tert-OH is 1. The quantitative estimate of drug-likeness (QED) is 0.388. The standard InChI is InChI=1S/C2H3BO2/c3-2(5)1-4/h4H,1H2. The third kappa shape index (κ3) is 3.69. The summed E-state index contributed by atoms with van der Waals surface area (Å²) in [6.07, 6.45) is 0. The topological polar surface area (TPSA) is 37.3 Å². The lowest BCUT2D eigenvalue weighted by Crippen LogP contribution is -2.00. The first-order valence-corrected chi connectivity index (χ1v) is 1.16. The molecule has 2 nitrogen and oxygen atoms in total. The number of hydrogen-bond acceptors (Lipinski definition) is 2. The van der Waals surface area contributed by atoms with Gasteiger partial charge < -0.3 is 9.90 Å². The highest BCUT2D eigenvalue weighted by Gasteiger charge is 1.78. The molecule has 0 rings (SSSR count). The van der Waals surface area contributed by atoms with Crippen molar-refractivity contribution in [2.45, 2.75) is 0 Å². The predicted molar refractivity (Wildman–Crippen MR) is 17.8 cm³/mol. The first kappa shape index (κ1) is 4.69. The average molecular weight is 69.9 g/mol. The van der Waals surface area contributed by atoms with Gasteiger partial charge in [-0.25, -0.2) is 0 Å². The van der Waals surface area contributed by atoms with Crippen molar-refractivity contribution in [3.8, 4) is 0 Å². The van der Waals surface area contributed by atoms with Gasteiger partial charge in [0.25, 0.3) is 0 Å². The van der Waals surface area contributed by atoms with Crippen molar-refractivity contribution in [3.05, 3.63) is 0 Å². The molecule has 0 unspecified atom stereocenters. The Hall–Kier alpha value is -0.305. The van der Waals surface area contributed by atoms with E-state index >= 15 is 0 Å². The van der Waals surface area contributed by atoms with Crippen LogP contribution < -0.4 is 0 Å². The van der Waals surface area contributed by atoms with E-state index in [0.717, 1.165) is 0 Å². The number of rotatable bonds is 1. The van der Waals surface area contributed by atoms with Crippen LogP contribution >= 0.6 is 0 Å². The van der Waals surface area contributed by atoms with Gasteiger partial charge in [0.05, 0.1) is 6.61 Å². The lowest BCUT2D eigenvalue weighted by atomic mass is 10.1. The van der Waals surface area contributed by atoms with Gasteiger partial charge in [-0.05, 0) is 0 Å². The van der Waals surface area contributed by atoms with Gasteiger partial charge in [-0.3, -0.25) is 0 Å². The molecule has 0 heterocycles. The van der Waals surface area contributed by atoms with Crippen molar-refractivity contribution in [1.29, 1.82) is 0 Å². The van der Waals surface area contributed by atoms with Gasteiger partial charge in [-0.2, -0.15) is 0 Å². The average Bonchev–Trinajstić information content (AvgIpc) is 1.38. The Morgan fingerprint density at radius 1 is 2.00 bits per heavy atom. The highest BCUT2D eigenvalue weighted by molar-refractivity contribution is 6.58. The highest BCUT2D eigenvalue weighted by Crippen LogP contribution is 1.47. The number of carbonyl (C=O) groups excluding carboxylic acids is 1. The third-order valence-corrected chi connectivity index (χ3v) is 0.156. The minimum absolute atomic E-state index is 0.556. The van der Waals surface area contributed by atoms with Crippen molar-refractivity contribution >= 4 is 13.5 Å². The Morgan fingerprint density at radius 2 is 2.20 bits per heavy atom. The second kappa shape index (κ2) is 1.97. The second-order valence-electron chi connectivity index (χ2n) is 0.624.